The van der Waals surface area contributed by atoms with Crippen LogP contribution in [0.15, 0.2) is 35.2 Å². The highest BCUT2D eigenvalue weighted by Crippen LogP contribution is 2.50. The molecule has 0 radical (unpaired) electrons. The fourth-order valence-electron chi connectivity index (χ4n) is 7.02. The lowest BCUT2D eigenvalue weighted by Gasteiger charge is -2.46. The Morgan fingerprint density at radius 2 is 1.52 bits per heavy atom. The van der Waals surface area contributed by atoms with Gasteiger partial charge in [-0.25, -0.2) is 17.2 Å². The van der Waals surface area contributed by atoms with Gasteiger partial charge in [0.15, 0.2) is 9.84 Å². The summed E-state index contributed by atoms with van der Waals surface area (Å²) < 4.78 is 58.6. The van der Waals surface area contributed by atoms with Gasteiger partial charge < -0.3 is 15.4 Å². The summed E-state index contributed by atoms with van der Waals surface area (Å²) in [4.78, 5) is 43.3. The minimum atomic E-state index is -3.61. The zero-order valence-electron chi connectivity index (χ0n) is 25.2. The third-order valence-corrected chi connectivity index (χ3v) is 11.7. The summed E-state index contributed by atoms with van der Waals surface area (Å²) in [6.07, 6.45) is -0.727. The molecule has 2 aromatic rings. The molecule has 3 atom stereocenters. The van der Waals surface area contributed by atoms with Gasteiger partial charge in [0.25, 0.3) is 5.91 Å². The summed E-state index contributed by atoms with van der Waals surface area (Å²) in [6, 6.07) is 6.33. The van der Waals surface area contributed by atoms with E-state index in [1.54, 1.807) is 24.0 Å². The number of benzene rings is 2. The van der Waals surface area contributed by atoms with E-state index in [2.05, 4.69) is 0 Å². The number of aryl methyl sites for hydroxylation is 1. The van der Waals surface area contributed by atoms with E-state index in [-0.39, 0.29) is 57.4 Å². The Kier molecular flexibility index (Phi) is 9.71. The highest BCUT2D eigenvalue weighted by molar-refractivity contribution is 7.90. The second-order valence-electron chi connectivity index (χ2n) is 12.7. The number of hydrogen-bond donors (Lipinski definition) is 1. The fourth-order valence-corrected chi connectivity index (χ4v) is 8.63. The number of nitrogens with zero attached hydrogens (tertiary/aromatic N) is 2. The Bertz CT molecular complexity index is 1640. The third-order valence-electron chi connectivity index (χ3n) is 9.57. The van der Waals surface area contributed by atoms with Crippen LogP contribution in [-0.4, -0.2) is 80.4 Å². The van der Waals surface area contributed by atoms with Crippen molar-refractivity contribution in [1.29, 1.82) is 0 Å². The number of fused-ring (bicyclic) bond motifs is 1. The molecule has 2 amide bonds. The van der Waals surface area contributed by atoms with Crippen molar-refractivity contribution < 1.29 is 36.3 Å². The molecule has 5 rings (SSSR count). The van der Waals surface area contributed by atoms with Crippen LogP contribution >= 0.6 is 34.8 Å². The van der Waals surface area contributed by atoms with Crippen LogP contribution in [-0.2, 0) is 19.4 Å². The summed E-state index contributed by atoms with van der Waals surface area (Å²) in [6.45, 7) is 3.16. The zero-order valence-corrected chi connectivity index (χ0v) is 28.3. The molecular formula is C31H34Cl3F2N3O6S. The highest BCUT2D eigenvalue weighted by Gasteiger charge is 2.57. The van der Waals surface area contributed by atoms with Crippen LogP contribution in [0.1, 0.15) is 48.0 Å². The van der Waals surface area contributed by atoms with Gasteiger partial charge >= 0.3 is 5.97 Å². The molecule has 9 nitrogen and oxygen atoms in total. The largest absolute Gasteiger partial charge is 0.426 e. The maximum absolute atomic E-state index is 14.5. The van der Waals surface area contributed by atoms with Crippen molar-refractivity contribution in [3.8, 4) is 5.75 Å². The summed E-state index contributed by atoms with van der Waals surface area (Å²) in [7, 11) is -3.61. The van der Waals surface area contributed by atoms with Gasteiger partial charge in [-0.05, 0) is 61.4 Å². The molecule has 1 saturated carbocycles. The Morgan fingerprint density at radius 1 is 0.957 bits per heavy atom. The van der Waals surface area contributed by atoms with E-state index >= 15 is 0 Å². The molecule has 0 aromatic heterocycles. The van der Waals surface area contributed by atoms with Crippen LogP contribution in [0.5, 0.6) is 5.75 Å². The average molecular weight is 721 g/mol. The topological polar surface area (TPSA) is 127 Å². The number of esters is 1. The van der Waals surface area contributed by atoms with Crippen LogP contribution < -0.4 is 10.5 Å². The molecular weight excluding hydrogens is 687 g/mol. The summed E-state index contributed by atoms with van der Waals surface area (Å²) in [5.74, 6) is -4.77. The first-order valence-electron chi connectivity index (χ1n) is 14.8. The number of nitrogens with two attached hydrogens (primary N) is 1. The number of carbonyl (C=O) groups excluding carboxylic acids is 3. The molecule has 1 aliphatic carbocycles. The smallest absolute Gasteiger partial charge is 0.319 e. The number of hydrogen-bond acceptors (Lipinski definition) is 7. The first kappa shape index (κ1) is 34.8. The van der Waals surface area contributed by atoms with E-state index in [9.17, 15) is 31.6 Å². The van der Waals surface area contributed by atoms with Crippen molar-refractivity contribution in [1.82, 2.24) is 9.80 Å². The minimum absolute atomic E-state index is 0.000194. The number of alkyl halides is 2. The Hall–Kier alpha value is -2.51. The third kappa shape index (κ3) is 7.01. The van der Waals surface area contributed by atoms with Crippen LogP contribution in [0, 0.1) is 24.2 Å². The van der Waals surface area contributed by atoms with Gasteiger partial charge in [-0.3, -0.25) is 19.3 Å². The standard InChI is InChI=1S/C31H34Cl3F2N3O6S/c1-17-3-4-20(9-22(17)32)45-29(42)30(5-7-31(35,36)8-6-30)25(12-26(37)40)38-13-18-15-39(16-19(18)14-38)28(41)27-23(33)10-21(11-24(27)34)46(2,43)44/h3-4,9-11,18-19,25H,5-8,12-16H2,1-2H3,(H2,37,40). The van der Waals surface area contributed by atoms with Gasteiger partial charge in [-0.1, -0.05) is 40.9 Å². The minimum Gasteiger partial charge on any atom is -0.426 e. The lowest BCUT2D eigenvalue weighted by Crippen LogP contribution is -2.57. The van der Waals surface area contributed by atoms with E-state index in [0.717, 1.165) is 11.8 Å². The number of rotatable bonds is 8. The first-order valence-corrected chi connectivity index (χ1v) is 17.8. The molecule has 0 bridgehead atoms. The van der Waals surface area contributed by atoms with Crippen LogP contribution in [0.2, 0.25) is 15.1 Å². The summed E-state index contributed by atoms with van der Waals surface area (Å²) in [5.41, 5.74) is 5.01. The maximum atomic E-state index is 14.5. The molecule has 3 aliphatic rings. The lowest BCUT2D eigenvalue weighted by atomic mass is 9.66. The van der Waals surface area contributed by atoms with E-state index < -0.39 is 57.8 Å². The van der Waals surface area contributed by atoms with E-state index in [1.807, 2.05) is 4.90 Å². The van der Waals surface area contributed by atoms with Crippen LogP contribution in [0.3, 0.4) is 0 Å². The van der Waals surface area contributed by atoms with Crippen LogP contribution in [0.4, 0.5) is 8.78 Å². The van der Waals surface area contributed by atoms with E-state index in [1.165, 1.54) is 18.2 Å². The number of ether oxygens (including phenoxy) is 1. The monoisotopic (exact) mass is 719 g/mol. The quantitative estimate of drug-likeness (QED) is 0.286. The first-order chi connectivity index (χ1) is 21.4. The van der Waals surface area contributed by atoms with Gasteiger partial charge in [0.1, 0.15) is 5.75 Å². The Morgan fingerprint density at radius 3 is 2.02 bits per heavy atom. The maximum Gasteiger partial charge on any atom is 0.319 e. The fraction of sp³-hybridized carbons (Fsp3) is 0.516. The number of sulfone groups is 1. The molecule has 2 saturated heterocycles. The normalized spacial score (nSPS) is 23.2. The molecule has 3 unspecified atom stereocenters. The van der Waals surface area contributed by atoms with Crippen molar-refractivity contribution >= 4 is 62.4 Å². The zero-order chi connectivity index (χ0) is 33.8. The van der Waals surface area contributed by atoms with Crippen molar-refractivity contribution in [3.05, 3.63) is 56.5 Å². The molecule has 2 aromatic carbocycles. The predicted molar refractivity (Wildman–Crippen MR) is 169 cm³/mol. The van der Waals surface area contributed by atoms with Gasteiger partial charge in [0.05, 0.1) is 25.9 Å². The number of likely N-dealkylation sites (tertiary alicyclic amines) is 2. The Labute approximate surface area is 281 Å². The second-order valence-corrected chi connectivity index (χ2v) is 16.0. The van der Waals surface area contributed by atoms with Gasteiger partial charge in [0.2, 0.25) is 11.8 Å². The molecule has 3 fully saturated rings. The number of carbonyl (C=O) groups is 3. The number of primary amides is 1. The molecule has 0 spiro atoms. The Balaban J connectivity index is 1.38. The lowest BCUT2D eigenvalue weighted by molar-refractivity contribution is -0.162. The van der Waals surface area contributed by atoms with E-state index in [4.69, 9.17) is 45.3 Å². The van der Waals surface area contributed by atoms with Gasteiger partial charge in [-0.2, -0.15) is 0 Å². The van der Waals surface area contributed by atoms with Gasteiger partial charge in [-0.15, -0.1) is 0 Å². The van der Waals surface area contributed by atoms with Crippen molar-refractivity contribution in [2.75, 3.05) is 32.4 Å². The van der Waals surface area contributed by atoms with Crippen molar-refractivity contribution in [2.45, 2.75) is 55.9 Å². The molecule has 2 aliphatic heterocycles. The second kappa shape index (κ2) is 12.8. The van der Waals surface area contributed by atoms with Crippen molar-refractivity contribution in [3.63, 3.8) is 0 Å². The predicted octanol–water partition coefficient (Wildman–Crippen LogP) is 5.41. The highest BCUT2D eigenvalue weighted by atomic mass is 35.5. The molecule has 250 valence electrons. The van der Waals surface area contributed by atoms with Crippen molar-refractivity contribution in [2.24, 2.45) is 23.0 Å². The SMILES string of the molecule is Cc1ccc(OC(=O)C2(C(CC(N)=O)N3CC4CN(C(=O)c5c(Cl)cc(S(C)(=O)=O)cc5Cl)CC4C3)CCC(F)(F)CC2)cc1Cl. The summed E-state index contributed by atoms with van der Waals surface area (Å²) >= 11 is 18.9. The molecule has 2 heterocycles. The average Bonchev–Trinajstić information content (AvgIpc) is 3.53. The summed E-state index contributed by atoms with van der Waals surface area (Å²) in [5, 5.41) is 0.216. The van der Waals surface area contributed by atoms with Crippen LogP contribution in [0.25, 0.3) is 0 Å². The van der Waals surface area contributed by atoms with Gasteiger partial charge in [0, 0.05) is 62.8 Å². The van der Waals surface area contributed by atoms with E-state index in [0.29, 0.717) is 31.2 Å². The molecule has 46 heavy (non-hydrogen) atoms. The number of halogens is 5. The molecule has 2 N–H and O–H groups in total. The molecule has 15 heteroatoms. The number of amides is 2.